The average molecular weight is 278 g/mol. The van der Waals surface area contributed by atoms with Gasteiger partial charge in [-0.1, -0.05) is 6.92 Å². The molecule has 20 heavy (non-hydrogen) atoms. The summed E-state index contributed by atoms with van der Waals surface area (Å²) in [4.78, 5) is 9.18. The van der Waals surface area contributed by atoms with Crippen LogP contribution in [0.15, 0.2) is 0 Å². The molecule has 1 fully saturated rings. The molecule has 1 aliphatic heterocycles. The molecule has 0 spiro atoms. The monoisotopic (exact) mass is 278 g/mol. The summed E-state index contributed by atoms with van der Waals surface area (Å²) in [6.07, 6.45) is 3.40. The number of hydrogen-bond acceptors (Lipinski definition) is 5. The SMILES string of the molecule is CCNc1nc(CC)nc(NC(C)C2CCCO2)c1C. The van der Waals surface area contributed by atoms with Gasteiger partial charge in [0, 0.05) is 25.1 Å². The Hall–Kier alpha value is -1.36. The van der Waals surface area contributed by atoms with E-state index in [1.165, 1.54) is 0 Å². The van der Waals surface area contributed by atoms with E-state index in [1.54, 1.807) is 0 Å². The summed E-state index contributed by atoms with van der Waals surface area (Å²) in [7, 11) is 0. The van der Waals surface area contributed by atoms with E-state index in [-0.39, 0.29) is 12.1 Å². The van der Waals surface area contributed by atoms with Gasteiger partial charge < -0.3 is 15.4 Å². The van der Waals surface area contributed by atoms with Crippen molar-refractivity contribution in [2.24, 2.45) is 0 Å². The minimum atomic E-state index is 0.269. The molecule has 5 heteroatoms. The first-order chi connectivity index (χ1) is 9.65. The molecule has 2 atom stereocenters. The third-order valence-corrected chi connectivity index (χ3v) is 3.74. The van der Waals surface area contributed by atoms with Gasteiger partial charge in [-0.15, -0.1) is 0 Å². The molecule has 2 rings (SSSR count). The highest BCUT2D eigenvalue weighted by atomic mass is 16.5. The van der Waals surface area contributed by atoms with Crippen molar-refractivity contribution in [1.82, 2.24) is 9.97 Å². The zero-order chi connectivity index (χ0) is 14.5. The maximum absolute atomic E-state index is 5.74. The van der Waals surface area contributed by atoms with Gasteiger partial charge >= 0.3 is 0 Å². The van der Waals surface area contributed by atoms with Gasteiger partial charge in [-0.3, -0.25) is 0 Å². The summed E-state index contributed by atoms with van der Waals surface area (Å²) in [6.45, 7) is 10.1. The van der Waals surface area contributed by atoms with Crippen LogP contribution in [0.4, 0.5) is 11.6 Å². The largest absolute Gasteiger partial charge is 0.376 e. The Morgan fingerprint density at radius 1 is 1.30 bits per heavy atom. The van der Waals surface area contributed by atoms with Crippen molar-refractivity contribution in [3.05, 3.63) is 11.4 Å². The lowest BCUT2D eigenvalue weighted by Gasteiger charge is -2.22. The van der Waals surface area contributed by atoms with Crippen LogP contribution in [0.1, 0.15) is 45.0 Å². The Labute approximate surface area is 121 Å². The predicted molar refractivity (Wildman–Crippen MR) is 82.4 cm³/mol. The predicted octanol–water partition coefficient (Wildman–Crippen LogP) is 2.76. The van der Waals surface area contributed by atoms with E-state index in [4.69, 9.17) is 4.74 Å². The fraction of sp³-hybridized carbons (Fsp3) is 0.733. The zero-order valence-electron chi connectivity index (χ0n) is 13.0. The molecule has 112 valence electrons. The quantitative estimate of drug-likeness (QED) is 0.838. The van der Waals surface area contributed by atoms with Crippen molar-refractivity contribution in [2.75, 3.05) is 23.8 Å². The molecule has 0 aliphatic carbocycles. The summed E-state index contributed by atoms with van der Waals surface area (Å²) in [5.41, 5.74) is 1.08. The summed E-state index contributed by atoms with van der Waals surface area (Å²) in [6, 6.07) is 0.269. The van der Waals surface area contributed by atoms with Gasteiger partial charge in [0.25, 0.3) is 0 Å². The average Bonchev–Trinajstić information content (AvgIpc) is 2.97. The Balaban J connectivity index is 2.18. The minimum Gasteiger partial charge on any atom is -0.376 e. The van der Waals surface area contributed by atoms with E-state index in [0.717, 1.165) is 55.4 Å². The Morgan fingerprint density at radius 3 is 2.65 bits per heavy atom. The Bertz CT molecular complexity index is 444. The highest BCUT2D eigenvalue weighted by molar-refractivity contribution is 5.57. The van der Waals surface area contributed by atoms with Crippen LogP contribution in [0.5, 0.6) is 0 Å². The third-order valence-electron chi connectivity index (χ3n) is 3.74. The molecule has 0 aromatic carbocycles. The fourth-order valence-electron chi connectivity index (χ4n) is 2.51. The zero-order valence-corrected chi connectivity index (χ0v) is 13.0. The standard InChI is InChI=1S/C15H26N4O/c1-5-13-18-14(16-6-2)10(3)15(19-13)17-11(4)12-8-7-9-20-12/h11-12H,5-9H2,1-4H3,(H2,16,17,18,19). The summed E-state index contributed by atoms with van der Waals surface area (Å²) in [5.74, 6) is 2.73. The Kier molecular flexibility index (Phi) is 5.17. The first-order valence-corrected chi connectivity index (χ1v) is 7.65. The molecule has 5 nitrogen and oxygen atoms in total. The minimum absolute atomic E-state index is 0.269. The van der Waals surface area contributed by atoms with Crippen LogP contribution in [0, 0.1) is 6.92 Å². The number of aryl methyl sites for hydroxylation is 1. The van der Waals surface area contributed by atoms with E-state index in [0.29, 0.717) is 0 Å². The number of anilines is 2. The van der Waals surface area contributed by atoms with Crippen molar-refractivity contribution >= 4 is 11.6 Å². The highest BCUT2D eigenvalue weighted by Crippen LogP contribution is 2.23. The van der Waals surface area contributed by atoms with E-state index in [1.807, 2.05) is 0 Å². The van der Waals surface area contributed by atoms with Gasteiger partial charge in [0.2, 0.25) is 0 Å². The van der Waals surface area contributed by atoms with Crippen LogP contribution < -0.4 is 10.6 Å². The molecular formula is C15H26N4O. The maximum Gasteiger partial charge on any atom is 0.135 e. The van der Waals surface area contributed by atoms with Gasteiger partial charge in [0.1, 0.15) is 17.5 Å². The molecule has 1 aliphatic rings. The summed E-state index contributed by atoms with van der Waals surface area (Å²) >= 11 is 0. The molecular weight excluding hydrogens is 252 g/mol. The second-order valence-electron chi connectivity index (χ2n) is 5.33. The van der Waals surface area contributed by atoms with Crippen molar-refractivity contribution in [3.63, 3.8) is 0 Å². The number of ether oxygens (including phenoxy) is 1. The fourth-order valence-corrected chi connectivity index (χ4v) is 2.51. The lowest BCUT2D eigenvalue weighted by atomic mass is 10.1. The maximum atomic E-state index is 5.74. The molecule has 1 aromatic rings. The Morgan fingerprint density at radius 2 is 2.05 bits per heavy atom. The summed E-state index contributed by atoms with van der Waals surface area (Å²) < 4.78 is 5.74. The molecule has 1 saturated heterocycles. The molecule has 0 radical (unpaired) electrons. The van der Waals surface area contributed by atoms with Crippen molar-refractivity contribution in [3.8, 4) is 0 Å². The molecule has 0 saturated carbocycles. The van der Waals surface area contributed by atoms with E-state index < -0.39 is 0 Å². The second-order valence-corrected chi connectivity index (χ2v) is 5.33. The van der Waals surface area contributed by atoms with Crippen molar-refractivity contribution in [2.45, 2.75) is 59.1 Å². The van der Waals surface area contributed by atoms with Crippen LogP contribution >= 0.6 is 0 Å². The van der Waals surface area contributed by atoms with E-state index in [9.17, 15) is 0 Å². The van der Waals surface area contributed by atoms with Gasteiger partial charge in [0.05, 0.1) is 12.1 Å². The number of aromatic nitrogens is 2. The van der Waals surface area contributed by atoms with E-state index >= 15 is 0 Å². The first kappa shape index (κ1) is 15.0. The summed E-state index contributed by atoms with van der Waals surface area (Å²) in [5, 5.41) is 6.82. The first-order valence-electron chi connectivity index (χ1n) is 7.65. The van der Waals surface area contributed by atoms with Crippen molar-refractivity contribution in [1.29, 1.82) is 0 Å². The van der Waals surface area contributed by atoms with Gasteiger partial charge in [-0.2, -0.15) is 0 Å². The van der Waals surface area contributed by atoms with Gasteiger partial charge in [-0.05, 0) is 33.6 Å². The normalized spacial score (nSPS) is 19.9. The molecule has 1 aromatic heterocycles. The third kappa shape index (κ3) is 3.39. The topological polar surface area (TPSA) is 59.1 Å². The number of hydrogen-bond donors (Lipinski definition) is 2. The van der Waals surface area contributed by atoms with E-state index in [2.05, 4.69) is 48.3 Å². The lowest BCUT2D eigenvalue weighted by molar-refractivity contribution is 0.0995. The van der Waals surface area contributed by atoms with Crippen LogP contribution in [0.25, 0.3) is 0 Å². The van der Waals surface area contributed by atoms with Crippen molar-refractivity contribution < 1.29 is 4.74 Å². The van der Waals surface area contributed by atoms with Gasteiger partial charge in [-0.25, -0.2) is 9.97 Å². The number of nitrogens with one attached hydrogen (secondary N) is 2. The highest BCUT2D eigenvalue weighted by Gasteiger charge is 2.23. The number of nitrogens with zero attached hydrogens (tertiary/aromatic N) is 2. The van der Waals surface area contributed by atoms with Gasteiger partial charge in [0.15, 0.2) is 0 Å². The lowest BCUT2D eigenvalue weighted by Crippen LogP contribution is -2.31. The second kappa shape index (κ2) is 6.88. The van der Waals surface area contributed by atoms with Crippen LogP contribution in [0.3, 0.4) is 0 Å². The smallest absolute Gasteiger partial charge is 0.135 e. The molecule has 2 heterocycles. The molecule has 0 amide bonds. The number of rotatable bonds is 6. The molecule has 2 unspecified atom stereocenters. The van der Waals surface area contributed by atoms with Crippen LogP contribution in [-0.4, -0.2) is 35.3 Å². The van der Waals surface area contributed by atoms with Crippen LogP contribution in [-0.2, 0) is 11.2 Å². The molecule has 0 bridgehead atoms. The molecule has 2 N–H and O–H groups in total. The van der Waals surface area contributed by atoms with Crippen LogP contribution in [0.2, 0.25) is 0 Å².